The lowest BCUT2D eigenvalue weighted by Gasteiger charge is -2.16. The molecule has 0 aliphatic heterocycles. The first-order valence-electron chi connectivity index (χ1n) is 3.95. The van der Waals surface area contributed by atoms with Gasteiger partial charge in [-0.3, -0.25) is 10.1 Å². The highest BCUT2D eigenvalue weighted by atomic mass is 79.9. The number of hydrogen-bond donors (Lipinski definition) is 0. The monoisotopic (exact) mass is 261 g/mol. The van der Waals surface area contributed by atoms with Gasteiger partial charge in [0.2, 0.25) is 5.54 Å². The maximum absolute atomic E-state index is 13.3. The van der Waals surface area contributed by atoms with Gasteiger partial charge in [0.1, 0.15) is 5.82 Å². The van der Waals surface area contributed by atoms with Crippen molar-refractivity contribution < 1.29 is 9.31 Å². The lowest BCUT2D eigenvalue weighted by molar-refractivity contribution is -0.569. The molecular formula is C9H9BrFNO2. The SMILES string of the molecule is CC(C)(c1cc(Br)ccc1F)[N+](=O)[O-]. The molecule has 0 atom stereocenters. The standard InChI is InChI=1S/C9H9BrFNO2/c1-9(2,12(13)14)7-5-6(10)3-4-8(7)11/h3-5H,1-2H3. The number of rotatable bonds is 2. The van der Waals surface area contributed by atoms with Crippen molar-refractivity contribution in [2.75, 3.05) is 0 Å². The summed E-state index contributed by atoms with van der Waals surface area (Å²) in [4.78, 5) is 10.2. The van der Waals surface area contributed by atoms with Crippen molar-refractivity contribution in [1.82, 2.24) is 0 Å². The number of nitrogens with zero attached hydrogens (tertiary/aromatic N) is 1. The highest BCUT2D eigenvalue weighted by Crippen LogP contribution is 2.28. The summed E-state index contributed by atoms with van der Waals surface area (Å²) in [6.07, 6.45) is 0. The Labute approximate surface area is 89.2 Å². The zero-order valence-electron chi connectivity index (χ0n) is 7.75. The van der Waals surface area contributed by atoms with E-state index in [0.29, 0.717) is 4.47 Å². The Morgan fingerprint density at radius 3 is 2.57 bits per heavy atom. The molecule has 0 amide bonds. The quantitative estimate of drug-likeness (QED) is 0.607. The van der Waals surface area contributed by atoms with Crippen LogP contribution in [0.5, 0.6) is 0 Å². The van der Waals surface area contributed by atoms with Crippen LogP contribution in [0.3, 0.4) is 0 Å². The minimum atomic E-state index is -1.41. The van der Waals surface area contributed by atoms with Crippen LogP contribution in [0.25, 0.3) is 0 Å². The molecule has 0 N–H and O–H groups in total. The van der Waals surface area contributed by atoms with E-state index in [0.717, 1.165) is 0 Å². The van der Waals surface area contributed by atoms with Gasteiger partial charge in [-0.25, -0.2) is 4.39 Å². The maximum Gasteiger partial charge on any atom is 0.244 e. The summed E-state index contributed by atoms with van der Waals surface area (Å²) in [6, 6.07) is 4.15. The van der Waals surface area contributed by atoms with Gasteiger partial charge in [-0.2, -0.15) is 0 Å². The molecule has 1 aromatic carbocycles. The second-order valence-electron chi connectivity index (χ2n) is 3.44. The molecule has 0 aliphatic rings. The Morgan fingerprint density at radius 1 is 1.50 bits per heavy atom. The molecule has 14 heavy (non-hydrogen) atoms. The Balaban J connectivity index is 3.31. The third kappa shape index (κ3) is 1.92. The Kier molecular flexibility index (Phi) is 2.89. The van der Waals surface area contributed by atoms with Crippen LogP contribution >= 0.6 is 15.9 Å². The summed E-state index contributed by atoms with van der Waals surface area (Å²) < 4.78 is 13.9. The Bertz CT molecular complexity index is 379. The van der Waals surface area contributed by atoms with Crippen molar-refractivity contribution in [2.24, 2.45) is 0 Å². The van der Waals surface area contributed by atoms with Crippen molar-refractivity contribution >= 4 is 15.9 Å². The van der Waals surface area contributed by atoms with Crippen LogP contribution in [-0.4, -0.2) is 4.92 Å². The molecule has 0 aromatic heterocycles. The molecule has 1 aromatic rings. The van der Waals surface area contributed by atoms with Crippen molar-refractivity contribution in [2.45, 2.75) is 19.4 Å². The second kappa shape index (κ2) is 3.65. The van der Waals surface area contributed by atoms with Crippen LogP contribution < -0.4 is 0 Å². The van der Waals surface area contributed by atoms with Gasteiger partial charge in [-0.1, -0.05) is 15.9 Å². The zero-order chi connectivity index (χ0) is 10.9. The molecule has 0 spiro atoms. The summed E-state index contributed by atoms with van der Waals surface area (Å²) in [5.74, 6) is -0.560. The van der Waals surface area contributed by atoms with Gasteiger partial charge in [-0.15, -0.1) is 0 Å². The average molecular weight is 262 g/mol. The van der Waals surface area contributed by atoms with E-state index in [1.165, 1.54) is 32.0 Å². The van der Waals surface area contributed by atoms with Gasteiger partial charge in [0, 0.05) is 23.2 Å². The fraction of sp³-hybridized carbons (Fsp3) is 0.333. The molecule has 3 nitrogen and oxygen atoms in total. The highest BCUT2D eigenvalue weighted by molar-refractivity contribution is 9.10. The van der Waals surface area contributed by atoms with Crippen molar-refractivity contribution in [3.63, 3.8) is 0 Å². The lowest BCUT2D eigenvalue weighted by atomic mass is 9.95. The Morgan fingerprint density at radius 2 is 2.07 bits per heavy atom. The molecule has 0 bridgehead atoms. The van der Waals surface area contributed by atoms with Gasteiger partial charge in [-0.05, 0) is 18.2 Å². The number of hydrogen-bond acceptors (Lipinski definition) is 2. The van der Waals surface area contributed by atoms with Crippen molar-refractivity contribution in [1.29, 1.82) is 0 Å². The molecule has 0 fully saturated rings. The van der Waals surface area contributed by atoms with E-state index in [1.54, 1.807) is 0 Å². The van der Waals surface area contributed by atoms with Crippen LogP contribution in [0.4, 0.5) is 4.39 Å². The summed E-state index contributed by atoms with van der Waals surface area (Å²) in [5.41, 5.74) is -1.33. The first-order valence-corrected chi connectivity index (χ1v) is 4.75. The van der Waals surface area contributed by atoms with E-state index < -0.39 is 16.3 Å². The van der Waals surface area contributed by atoms with E-state index in [9.17, 15) is 14.5 Å². The summed E-state index contributed by atoms with van der Waals surface area (Å²) >= 11 is 3.15. The number of benzene rings is 1. The highest BCUT2D eigenvalue weighted by Gasteiger charge is 2.36. The fourth-order valence-electron chi connectivity index (χ4n) is 1.06. The summed E-state index contributed by atoms with van der Waals surface area (Å²) in [7, 11) is 0. The molecule has 0 unspecified atom stereocenters. The lowest BCUT2D eigenvalue weighted by Crippen LogP contribution is -2.29. The molecule has 5 heteroatoms. The minimum Gasteiger partial charge on any atom is -0.264 e. The summed E-state index contributed by atoms with van der Waals surface area (Å²) in [6.45, 7) is 2.75. The number of nitro groups is 1. The number of halogens is 2. The van der Waals surface area contributed by atoms with Crippen molar-refractivity contribution in [3.05, 3.63) is 44.2 Å². The van der Waals surface area contributed by atoms with E-state index in [1.807, 2.05) is 0 Å². The second-order valence-corrected chi connectivity index (χ2v) is 4.36. The van der Waals surface area contributed by atoms with Crippen molar-refractivity contribution in [3.8, 4) is 0 Å². The molecule has 0 heterocycles. The maximum atomic E-state index is 13.3. The van der Waals surface area contributed by atoms with Gasteiger partial charge in [0.05, 0.1) is 5.56 Å². The average Bonchev–Trinajstić information content (AvgIpc) is 2.08. The topological polar surface area (TPSA) is 43.1 Å². The van der Waals surface area contributed by atoms with Crippen LogP contribution in [0, 0.1) is 15.9 Å². The smallest absolute Gasteiger partial charge is 0.244 e. The Hall–Kier alpha value is -0.970. The summed E-state index contributed by atoms with van der Waals surface area (Å²) in [5, 5.41) is 10.7. The largest absolute Gasteiger partial charge is 0.264 e. The molecule has 0 radical (unpaired) electrons. The van der Waals surface area contributed by atoms with Gasteiger partial charge < -0.3 is 0 Å². The molecule has 1 rings (SSSR count). The predicted octanol–water partition coefficient (Wildman–Crippen LogP) is 3.10. The minimum absolute atomic E-state index is 0.0804. The molecule has 0 saturated heterocycles. The van der Waals surface area contributed by atoms with Crippen LogP contribution in [0.1, 0.15) is 19.4 Å². The van der Waals surface area contributed by atoms with Gasteiger partial charge in [0.25, 0.3) is 0 Å². The first kappa shape index (κ1) is 11.1. The van der Waals surface area contributed by atoms with Gasteiger partial charge >= 0.3 is 0 Å². The first-order chi connectivity index (χ1) is 6.35. The fourth-order valence-corrected chi connectivity index (χ4v) is 1.43. The predicted molar refractivity (Wildman–Crippen MR) is 54.1 cm³/mol. The third-order valence-electron chi connectivity index (χ3n) is 2.04. The molecule has 76 valence electrons. The van der Waals surface area contributed by atoms with E-state index in [2.05, 4.69) is 15.9 Å². The van der Waals surface area contributed by atoms with Crippen LogP contribution in [0.15, 0.2) is 22.7 Å². The van der Waals surface area contributed by atoms with E-state index >= 15 is 0 Å². The molecule has 0 aliphatic carbocycles. The third-order valence-corrected chi connectivity index (χ3v) is 2.54. The normalized spacial score (nSPS) is 11.4. The zero-order valence-corrected chi connectivity index (χ0v) is 9.34. The molecule has 0 saturated carbocycles. The van der Waals surface area contributed by atoms with E-state index in [4.69, 9.17) is 0 Å². The van der Waals surface area contributed by atoms with Crippen LogP contribution in [-0.2, 0) is 5.54 Å². The van der Waals surface area contributed by atoms with Gasteiger partial charge in [0.15, 0.2) is 0 Å². The van der Waals surface area contributed by atoms with Crippen LogP contribution in [0.2, 0.25) is 0 Å². The molecular weight excluding hydrogens is 253 g/mol. The van der Waals surface area contributed by atoms with E-state index in [-0.39, 0.29) is 5.56 Å².